The Morgan fingerprint density at radius 1 is 1.13 bits per heavy atom. The van der Waals surface area contributed by atoms with Crippen LogP contribution in [0.15, 0.2) is 42.5 Å². The van der Waals surface area contributed by atoms with Crippen molar-refractivity contribution in [1.29, 1.82) is 0 Å². The summed E-state index contributed by atoms with van der Waals surface area (Å²) in [5.41, 5.74) is 0.877. The summed E-state index contributed by atoms with van der Waals surface area (Å²) in [5.74, 6) is -1.88. The molecule has 2 rings (SSSR count). The molecule has 0 aliphatic heterocycles. The van der Waals surface area contributed by atoms with Crippen LogP contribution in [0.5, 0.6) is 5.75 Å². The number of carbonyl (C=O) groups is 1. The quantitative estimate of drug-likeness (QED) is 0.889. The van der Waals surface area contributed by atoms with Gasteiger partial charge in [-0.1, -0.05) is 12.1 Å². The van der Waals surface area contributed by atoms with Crippen LogP contribution in [0.3, 0.4) is 0 Å². The molecule has 6 heteroatoms. The maximum absolute atomic E-state index is 13.2. The van der Waals surface area contributed by atoms with Gasteiger partial charge in [0.05, 0.1) is 13.2 Å². The number of methoxy groups -OCH3 is 2. The highest BCUT2D eigenvalue weighted by molar-refractivity contribution is 5.94. The standard InChI is InChI=1S/C17H17F2NO3/c1-22-13-5-3-4-11(8-13)16(23-2)10-20-17(21)12-6-7-14(18)15(19)9-12/h3-9,16H,10H2,1-2H3,(H,20,21). The van der Waals surface area contributed by atoms with Crippen LogP contribution in [0.1, 0.15) is 22.0 Å². The second-order valence-electron chi connectivity index (χ2n) is 4.84. The van der Waals surface area contributed by atoms with E-state index in [1.54, 1.807) is 19.2 Å². The summed E-state index contributed by atoms with van der Waals surface area (Å²) in [7, 11) is 3.08. The van der Waals surface area contributed by atoms with Crippen molar-refractivity contribution in [1.82, 2.24) is 5.32 Å². The summed E-state index contributed by atoms with van der Waals surface area (Å²) >= 11 is 0. The number of halogens is 2. The van der Waals surface area contributed by atoms with Crippen molar-refractivity contribution >= 4 is 5.91 Å². The summed E-state index contributed by atoms with van der Waals surface area (Å²) in [5, 5.41) is 2.64. The molecule has 0 aliphatic carbocycles. The molecule has 4 nitrogen and oxygen atoms in total. The van der Waals surface area contributed by atoms with Crippen molar-refractivity contribution < 1.29 is 23.0 Å². The minimum absolute atomic E-state index is 0.0457. The highest BCUT2D eigenvalue weighted by Gasteiger charge is 2.15. The van der Waals surface area contributed by atoms with Gasteiger partial charge in [0.2, 0.25) is 0 Å². The molecule has 1 N–H and O–H groups in total. The zero-order valence-corrected chi connectivity index (χ0v) is 12.8. The number of carbonyl (C=O) groups excluding carboxylic acids is 1. The molecule has 0 radical (unpaired) electrons. The first-order chi connectivity index (χ1) is 11.0. The van der Waals surface area contributed by atoms with E-state index in [9.17, 15) is 13.6 Å². The summed E-state index contributed by atoms with van der Waals surface area (Å²) in [6.07, 6.45) is -0.389. The smallest absolute Gasteiger partial charge is 0.251 e. The van der Waals surface area contributed by atoms with Crippen molar-refractivity contribution in [2.24, 2.45) is 0 Å². The molecule has 122 valence electrons. The Morgan fingerprint density at radius 3 is 2.57 bits per heavy atom. The van der Waals surface area contributed by atoms with E-state index in [0.29, 0.717) is 5.75 Å². The fourth-order valence-electron chi connectivity index (χ4n) is 2.10. The lowest BCUT2D eigenvalue weighted by Crippen LogP contribution is -2.29. The topological polar surface area (TPSA) is 47.6 Å². The Morgan fingerprint density at radius 2 is 1.91 bits per heavy atom. The first-order valence-electron chi connectivity index (χ1n) is 6.95. The van der Waals surface area contributed by atoms with Gasteiger partial charge in [0.15, 0.2) is 11.6 Å². The van der Waals surface area contributed by atoms with Gasteiger partial charge in [-0.25, -0.2) is 8.78 Å². The molecule has 2 aromatic rings. The molecular weight excluding hydrogens is 304 g/mol. The van der Waals surface area contributed by atoms with Gasteiger partial charge >= 0.3 is 0 Å². The van der Waals surface area contributed by atoms with E-state index in [1.807, 2.05) is 12.1 Å². The van der Waals surface area contributed by atoms with Crippen LogP contribution in [-0.4, -0.2) is 26.7 Å². The Balaban J connectivity index is 2.04. The number of hydrogen-bond donors (Lipinski definition) is 1. The number of amides is 1. The fraction of sp³-hybridized carbons (Fsp3) is 0.235. The van der Waals surface area contributed by atoms with Crippen LogP contribution < -0.4 is 10.1 Å². The van der Waals surface area contributed by atoms with E-state index in [1.165, 1.54) is 13.2 Å². The molecule has 0 saturated heterocycles. The zero-order valence-electron chi connectivity index (χ0n) is 12.8. The molecule has 2 aromatic carbocycles. The molecule has 0 spiro atoms. The fourth-order valence-corrected chi connectivity index (χ4v) is 2.10. The third-order valence-electron chi connectivity index (χ3n) is 3.38. The SMILES string of the molecule is COc1cccc(C(CNC(=O)c2ccc(F)c(F)c2)OC)c1. The summed E-state index contributed by atoms with van der Waals surface area (Å²) < 4.78 is 36.6. The molecule has 0 bridgehead atoms. The molecule has 1 unspecified atom stereocenters. The second kappa shape index (κ2) is 7.69. The maximum atomic E-state index is 13.2. The molecule has 1 atom stereocenters. The molecule has 23 heavy (non-hydrogen) atoms. The Kier molecular flexibility index (Phi) is 5.65. The van der Waals surface area contributed by atoms with Gasteiger partial charge in [-0.05, 0) is 35.9 Å². The number of hydrogen-bond acceptors (Lipinski definition) is 3. The third kappa shape index (κ3) is 4.26. The highest BCUT2D eigenvalue weighted by Crippen LogP contribution is 2.21. The van der Waals surface area contributed by atoms with Gasteiger partial charge in [-0.15, -0.1) is 0 Å². The van der Waals surface area contributed by atoms with Crippen LogP contribution in [0, 0.1) is 11.6 Å². The highest BCUT2D eigenvalue weighted by atomic mass is 19.2. The number of rotatable bonds is 6. The zero-order chi connectivity index (χ0) is 16.8. The van der Waals surface area contributed by atoms with Crippen molar-refractivity contribution in [2.45, 2.75) is 6.10 Å². The van der Waals surface area contributed by atoms with E-state index in [0.717, 1.165) is 17.7 Å². The first-order valence-corrected chi connectivity index (χ1v) is 6.95. The van der Waals surface area contributed by atoms with Crippen LogP contribution in [0.2, 0.25) is 0 Å². The van der Waals surface area contributed by atoms with Crippen LogP contribution in [-0.2, 0) is 4.74 Å². The lowest BCUT2D eigenvalue weighted by atomic mass is 10.1. The summed E-state index contributed by atoms with van der Waals surface area (Å²) in [4.78, 5) is 12.0. The lowest BCUT2D eigenvalue weighted by Gasteiger charge is -2.17. The predicted molar refractivity (Wildman–Crippen MR) is 81.4 cm³/mol. The summed E-state index contributed by atoms with van der Waals surface area (Å²) in [6.45, 7) is 0.182. The maximum Gasteiger partial charge on any atom is 0.251 e. The second-order valence-corrected chi connectivity index (χ2v) is 4.84. The van der Waals surface area contributed by atoms with Gasteiger partial charge in [0.25, 0.3) is 5.91 Å². The third-order valence-corrected chi connectivity index (χ3v) is 3.38. The number of benzene rings is 2. The normalized spacial score (nSPS) is 11.8. The first kappa shape index (κ1) is 16.9. The molecule has 0 saturated carbocycles. The van der Waals surface area contributed by atoms with E-state index < -0.39 is 17.5 Å². The van der Waals surface area contributed by atoms with E-state index in [2.05, 4.69) is 5.32 Å². The van der Waals surface area contributed by atoms with E-state index in [-0.39, 0.29) is 18.2 Å². The van der Waals surface area contributed by atoms with Crippen molar-refractivity contribution in [3.63, 3.8) is 0 Å². The molecule has 0 aliphatic rings. The predicted octanol–water partition coefficient (Wildman–Crippen LogP) is 3.09. The molecule has 0 fully saturated rings. The average molecular weight is 321 g/mol. The number of ether oxygens (including phenoxy) is 2. The van der Waals surface area contributed by atoms with Crippen molar-refractivity contribution in [3.8, 4) is 5.75 Å². The van der Waals surface area contributed by atoms with Gasteiger partial charge in [0, 0.05) is 19.2 Å². The van der Waals surface area contributed by atoms with Crippen LogP contribution in [0.4, 0.5) is 8.78 Å². The average Bonchev–Trinajstić information content (AvgIpc) is 2.58. The van der Waals surface area contributed by atoms with E-state index in [4.69, 9.17) is 9.47 Å². The van der Waals surface area contributed by atoms with Crippen LogP contribution >= 0.6 is 0 Å². The van der Waals surface area contributed by atoms with Gasteiger partial charge < -0.3 is 14.8 Å². The lowest BCUT2D eigenvalue weighted by molar-refractivity contribution is 0.0827. The van der Waals surface area contributed by atoms with Crippen molar-refractivity contribution in [2.75, 3.05) is 20.8 Å². The molecule has 1 amide bonds. The summed E-state index contributed by atoms with van der Waals surface area (Å²) in [6, 6.07) is 10.3. The van der Waals surface area contributed by atoms with E-state index >= 15 is 0 Å². The van der Waals surface area contributed by atoms with Crippen LogP contribution in [0.25, 0.3) is 0 Å². The van der Waals surface area contributed by atoms with Crippen molar-refractivity contribution in [3.05, 3.63) is 65.2 Å². The van der Waals surface area contributed by atoms with Gasteiger partial charge in [-0.3, -0.25) is 4.79 Å². The molecule has 0 aromatic heterocycles. The minimum atomic E-state index is -1.06. The Labute approximate surface area is 133 Å². The van der Waals surface area contributed by atoms with Gasteiger partial charge in [0.1, 0.15) is 5.75 Å². The Hall–Kier alpha value is -2.47. The Bertz CT molecular complexity index is 691. The monoisotopic (exact) mass is 321 g/mol. The molecule has 0 heterocycles. The minimum Gasteiger partial charge on any atom is -0.497 e. The van der Waals surface area contributed by atoms with Gasteiger partial charge in [-0.2, -0.15) is 0 Å². The number of nitrogens with one attached hydrogen (secondary N) is 1. The molecular formula is C17H17F2NO3. The largest absolute Gasteiger partial charge is 0.497 e.